The Hall–Kier alpha value is -0.520. The second-order valence-corrected chi connectivity index (χ2v) is 5.13. The Morgan fingerprint density at radius 2 is 2.47 bits per heavy atom. The molecule has 0 fully saturated rings. The molecule has 15 heavy (non-hydrogen) atoms. The van der Waals surface area contributed by atoms with Crippen molar-refractivity contribution in [3.63, 3.8) is 0 Å². The zero-order valence-corrected chi connectivity index (χ0v) is 10.6. The quantitative estimate of drug-likeness (QED) is 0.777. The van der Waals surface area contributed by atoms with Crippen LogP contribution in [0.15, 0.2) is 16.3 Å². The summed E-state index contributed by atoms with van der Waals surface area (Å²) < 4.78 is 0. The van der Waals surface area contributed by atoms with Gasteiger partial charge in [-0.05, 0) is 30.2 Å². The van der Waals surface area contributed by atoms with Crippen molar-refractivity contribution >= 4 is 29.0 Å². The molecule has 3 nitrogen and oxygen atoms in total. The summed E-state index contributed by atoms with van der Waals surface area (Å²) in [6.07, 6.45) is 1.97. The molecule has 0 aliphatic heterocycles. The predicted molar refractivity (Wildman–Crippen MR) is 66.7 cm³/mol. The number of nitrogens with one attached hydrogen (secondary N) is 1. The number of carbonyl (C=O) groups is 1. The Bertz CT molecular complexity index is 325. The zero-order valence-electron chi connectivity index (χ0n) is 8.95. The van der Waals surface area contributed by atoms with Crippen LogP contribution in [-0.4, -0.2) is 25.3 Å². The van der Waals surface area contributed by atoms with E-state index >= 15 is 0 Å². The van der Waals surface area contributed by atoms with Gasteiger partial charge in [-0.15, -0.1) is 23.1 Å². The van der Waals surface area contributed by atoms with Crippen LogP contribution in [0.3, 0.4) is 0 Å². The van der Waals surface area contributed by atoms with Gasteiger partial charge in [0.2, 0.25) is 0 Å². The minimum absolute atomic E-state index is 0.00894. The molecular formula is C10H16N2OS2. The fourth-order valence-electron chi connectivity index (χ4n) is 1.05. The van der Waals surface area contributed by atoms with Crippen LogP contribution < -0.4 is 11.1 Å². The topological polar surface area (TPSA) is 55.1 Å². The lowest BCUT2D eigenvalue weighted by Gasteiger charge is -2.09. The standard InChI is InChI=1S/C10H16N2OS2/c1-7(5-11)6-12-10(13)9-8(14-2)3-4-15-9/h3-4,7H,5-6,11H2,1-2H3,(H,12,13). The Kier molecular flexibility index (Phi) is 5.14. The minimum atomic E-state index is 0.00894. The van der Waals surface area contributed by atoms with E-state index in [1.807, 2.05) is 24.6 Å². The van der Waals surface area contributed by atoms with Crippen molar-refractivity contribution in [1.82, 2.24) is 5.32 Å². The Balaban J connectivity index is 2.54. The lowest BCUT2D eigenvalue weighted by molar-refractivity contribution is 0.0950. The maximum absolute atomic E-state index is 11.8. The maximum atomic E-state index is 11.8. The fraction of sp³-hybridized carbons (Fsp3) is 0.500. The van der Waals surface area contributed by atoms with Gasteiger partial charge in [0.05, 0.1) is 0 Å². The minimum Gasteiger partial charge on any atom is -0.351 e. The summed E-state index contributed by atoms with van der Waals surface area (Å²) >= 11 is 3.07. The molecule has 1 aromatic heterocycles. The van der Waals surface area contributed by atoms with Crippen molar-refractivity contribution in [2.75, 3.05) is 19.3 Å². The summed E-state index contributed by atoms with van der Waals surface area (Å²) in [7, 11) is 0. The maximum Gasteiger partial charge on any atom is 0.262 e. The van der Waals surface area contributed by atoms with E-state index in [9.17, 15) is 4.79 Å². The van der Waals surface area contributed by atoms with Gasteiger partial charge in [0.15, 0.2) is 0 Å². The van der Waals surface area contributed by atoms with E-state index in [2.05, 4.69) is 5.32 Å². The molecule has 1 aromatic rings. The summed E-state index contributed by atoms with van der Waals surface area (Å²) in [6, 6.07) is 1.97. The van der Waals surface area contributed by atoms with Crippen LogP contribution in [0.2, 0.25) is 0 Å². The van der Waals surface area contributed by atoms with E-state index in [1.54, 1.807) is 11.8 Å². The van der Waals surface area contributed by atoms with Gasteiger partial charge >= 0.3 is 0 Å². The Morgan fingerprint density at radius 3 is 3.07 bits per heavy atom. The van der Waals surface area contributed by atoms with Gasteiger partial charge in [0, 0.05) is 11.4 Å². The van der Waals surface area contributed by atoms with Crippen molar-refractivity contribution in [3.8, 4) is 0 Å². The third kappa shape index (κ3) is 3.52. The molecule has 0 aliphatic rings. The molecule has 1 atom stereocenters. The Labute approximate surface area is 98.4 Å². The summed E-state index contributed by atoms with van der Waals surface area (Å²) in [5.74, 6) is 0.335. The molecule has 0 aromatic carbocycles. The molecule has 0 saturated carbocycles. The molecule has 0 radical (unpaired) electrons. The first-order valence-electron chi connectivity index (χ1n) is 4.78. The van der Waals surface area contributed by atoms with Crippen molar-refractivity contribution in [2.24, 2.45) is 11.7 Å². The number of thioether (sulfide) groups is 1. The van der Waals surface area contributed by atoms with Crippen molar-refractivity contribution < 1.29 is 4.79 Å². The molecule has 0 bridgehead atoms. The van der Waals surface area contributed by atoms with Crippen LogP contribution in [0.5, 0.6) is 0 Å². The predicted octanol–water partition coefficient (Wildman–Crippen LogP) is 1.79. The highest BCUT2D eigenvalue weighted by Crippen LogP contribution is 2.25. The highest BCUT2D eigenvalue weighted by atomic mass is 32.2. The summed E-state index contributed by atoms with van der Waals surface area (Å²) in [4.78, 5) is 13.6. The van der Waals surface area contributed by atoms with Gasteiger partial charge in [-0.1, -0.05) is 6.92 Å². The van der Waals surface area contributed by atoms with Gasteiger partial charge in [-0.2, -0.15) is 0 Å². The average Bonchev–Trinajstić information content (AvgIpc) is 2.73. The van der Waals surface area contributed by atoms with Crippen LogP contribution in [0, 0.1) is 5.92 Å². The van der Waals surface area contributed by atoms with E-state index in [1.165, 1.54) is 11.3 Å². The van der Waals surface area contributed by atoms with Gasteiger partial charge in [0.1, 0.15) is 4.88 Å². The number of amides is 1. The van der Waals surface area contributed by atoms with Crippen LogP contribution in [-0.2, 0) is 0 Å². The SMILES string of the molecule is CSc1ccsc1C(=O)NCC(C)CN. The number of carbonyl (C=O) groups excluding carboxylic acids is 1. The van der Waals surface area contributed by atoms with Crippen LogP contribution in [0.1, 0.15) is 16.6 Å². The first-order chi connectivity index (χ1) is 7.19. The van der Waals surface area contributed by atoms with Gasteiger partial charge in [-0.25, -0.2) is 0 Å². The molecule has 1 unspecified atom stereocenters. The van der Waals surface area contributed by atoms with E-state index < -0.39 is 0 Å². The van der Waals surface area contributed by atoms with Crippen molar-refractivity contribution in [2.45, 2.75) is 11.8 Å². The second kappa shape index (κ2) is 6.15. The number of nitrogens with two attached hydrogens (primary N) is 1. The van der Waals surface area contributed by atoms with E-state index in [4.69, 9.17) is 5.73 Å². The second-order valence-electron chi connectivity index (χ2n) is 3.37. The van der Waals surface area contributed by atoms with Crippen molar-refractivity contribution in [1.29, 1.82) is 0 Å². The average molecular weight is 244 g/mol. The highest BCUT2D eigenvalue weighted by molar-refractivity contribution is 7.98. The lowest BCUT2D eigenvalue weighted by Crippen LogP contribution is -2.31. The van der Waals surface area contributed by atoms with Crippen molar-refractivity contribution in [3.05, 3.63) is 16.3 Å². The number of hydrogen-bond acceptors (Lipinski definition) is 4. The molecule has 0 saturated heterocycles. The Morgan fingerprint density at radius 1 is 1.73 bits per heavy atom. The third-order valence-electron chi connectivity index (χ3n) is 2.07. The molecule has 0 aliphatic carbocycles. The summed E-state index contributed by atoms with van der Waals surface area (Å²) in [6.45, 7) is 3.26. The molecule has 1 rings (SSSR count). The first kappa shape index (κ1) is 12.5. The van der Waals surface area contributed by atoms with Gasteiger partial charge in [0.25, 0.3) is 5.91 Å². The third-order valence-corrected chi connectivity index (χ3v) is 3.89. The first-order valence-corrected chi connectivity index (χ1v) is 6.89. The summed E-state index contributed by atoms with van der Waals surface area (Å²) in [5.41, 5.74) is 5.48. The zero-order chi connectivity index (χ0) is 11.3. The number of thiophene rings is 1. The molecule has 0 spiro atoms. The normalized spacial score (nSPS) is 12.5. The lowest BCUT2D eigenvalue weighted by atomic mass is 10.2. The molecule has 1 heterocycles. The molecular weight excluding hydrogens is 228 g/mol. The van der Waals surface area contributed by atoms with Crippen LogP contribution in [0.4, 0.5) is 0 Å². The van der Waals surface area contributed by atoms with Crippen LogP contribution in [0.25, 0.3) is 0 Å². The van der Waals surface area contributed by atoms with Gasteiger partial charge < -0.3 is 11.1 Å². The monoisotopic (exact) mass is 244 g/mol. The highest BCUT2D eigenvalue weighted by Gasteiger charge is 2.12. The molecule has 84 valence electrons. The van der Waals surface area contributed by atoms with E-state index in [0.29, 0.717) is 19.0 Å². The molecule has 3 N–H and O–H groups in total. The number of rotatable bonds is 5. The van der Waals surface area contributed by atoms with E-state index in [-0.39, 0.29) is 5.91 Å². The molecule has 5 heteroatoms. The largest absolute Gasteiger partial charge is 0.351 e. The number of hydrogen-bond donors (Lipinski definition) is 2. The smallest absolute Gasteiger partial charge is 0.262 e. The molecule has 1 amide bonds. The van der Waals surface area contributed by atoms with Gasteiger partial charge in [-0.3, -0.25) is 4.79 Å². The van der Waals surface area contributed by atoms with Crippen LogP contribution >= 0.6 is 23.1 Å². The van der Waals surface area contributed by atoms with E-state index in [0.717, 1.165) is 9.77 Å². The fourth-order valence-corrected chi connectivity index (χ4v) is 2.72. The summed E-state index contributed by atoms with van der Waals surface area (Å²) in [5, 5.41) is 4.83.